The summed E-state index contributed by atoms with van der Waals surface area (Å²) < 4.78 is 18.8. The fourth-order valence-corrected chi connectivity index (χ4v) is 3.78. The zero-order valence-electron chi connectivity index (χ0n) is 12.5. The largest absolute Gasteiger partial charge is 0.373 e. The van der Waals surface area contributed by atoms with E-state index in [0.717, 1.165) is 37.7 Å². The Labute approximate surface area is 129 Å². The summed E-state index contributed by atoms with van der Waals surface area (Å²) >= 11 is 0. The molecule has 2 amide bonds. The van der Waals surface area contributed by atoms with Gasteiger partial charge in [0.15, 0.2) is 0 Å². The van der Waals surface area contributed by atoms with Gasteiger partial charge in [0.25, 0.3) is 0 Å². The van der Waals surface area contributed by atoms with Crippen molar-refractivity contribution in [1.82, 2.24) is 10.6 Å². The molecule has 118 valence electrons. The Balaban J connectivity index is 1.30. The van der Waals surface area contributed by atoms with Crippen LogP contribution in [0.5, 0.6) is 0 Å². The van der Waals surface area contributed by atoms with E-state index in [1.165, 1.54) is 12.1 Å². The number of nitrogens with one attached hydrogen (secondary N) is 2. The maximum Gasteiger partial charge on any atom is 0.315 e. The monoisotopic (exact) mass is 304 g/mol. The molecule has 1 aliphatic carbocycles. The number of halogens is 1. The molecule has 1 aromatic carbocycles. The van der Waals surface area contributed by atoms with Crippen LogP contribution in [-0.2, 0) is 10.2 Å². The number of amides is 2. The first-order valence-electron chi connectivity index (χ1n) is 8.11. The molecule has 0 spiro atoms. The van der Waals surface area contributed by atoms with Crippen molar-refractivity contribution in [3.63, 3.8) is 0 Å². The Morgan fingerprint density at radius 3 is 2.64 bits per heavy atom. The molecular weight excluding hydrogens is 283 g/mol. The third-order valence-corrected chi connectivity index (χ3v) is 5.32. The maximum atomic E-state index is 13.0. The molecule has 22 heavy (non-hydrogen) atoms. The lowest BCUT2D eigenvalue weighted by atomic mass is 9.95. The van der Waals surface area contributed by atoms with E-state index in [0.29, 0.717) is 12.6 Å². The predicted molar refractivity (Wildman–Crippen MR) is 80.1 cm³/mol. The SMILES string of the molecule is O=C(NCC1(c2ccc(F)cc2)CC1)N[C@H]1C[C@H]2CC[C@H]1O2. The third kappa shape index (κ3) is 2.58. The van der Waals surface area contributed by atoms with Gasteiger partial charge in [-0.2, -0.15) is 0 Å². The van der Waals surface area contributed by atoms with Crippen LogP contribution in [0.4, 0.5) is 9.18 Å². The van der Waals surface area contributed by atoms with Crippen LogP contribution >= 0.6 is 0 Å². The van der Waals surface area contributed by atoms with Gasteiger partial charge in [0, 0.05) is 12.0 Å². The van der Waals surface area contributed by atoms with Gasteiger partial charge in [0.05, 0.1) is 18.2 Å². The molecule has 2 N–H and O–H groups in total. The van der Waals surface area contributed by atoms with Crippen molar-refractivity contribution in [3.8, 4) is 0 Å². The van der Waals surface area contributed by atoms with Crippen LogP contribution in [0.3, 0.4) is 0 Å². The number of ether oxygens (including phenoxy) is 1. The molecule has 4 rings (SSSR count). The second kappa shape index (κ2) is 5.23. The first-order chi connectivity index (χ1) is 10.6. The number of fused-ring (bicyclic) bond motifs is 2. The molecule has 0 radical (unpaired) electrons. The summed E-state index contributed by atoms with van der Waals surface area (Å²) in [6, 6.07) is 6.66. The molecular formula is C17H21FN2O2. The second-order valence-electron chi connectivity index (χ2n) is 6.83. The Kier molecular flexibility index (Phi) is 3.33. The second-order valence-corrected chi connectivity index (χ2v) is 6.83. The molecule has 3 aliphatic rings. The van der Waals surface area contributed by atoms with Crippen LogP contribution < -0.4 is 10.6 Å². The lowest BCUT2D eigenvalue weighted by Gasteiger charge is -2.22. The van der Waals surface area contributed by atoms with E-state index in [-0.39, 0.29) is 29.4 Å². The Morgan fingerprint density at radius 1 is 1.27 bits per heavy atom. The molecule has 2 saturated heterocycles. The van der Waals surface area contributed by atoms with Gasteiger partial charge in [0.1, 0.15) is 5.82 Å². The van der Waals surface area contributed by atoms with E-state index < -0.39 is 0 Å². The Morgan fingerprint density at radius 2 is 2.05 bits per heavy atom. The van der Waals surface area contributed by atoms with Gasteiger partial charge in [-0.05, 0) is 49.8 Å². The van der Waals surface area contributed by atoms with Crippen LogP contribution in [-0.4, -0.2) is 30.8 Å². The van der Waals surface area contributed by atoms with E-state index in [2.05, 4.69) is 10.6 Å². The highest BCUT2D eigenvalue weighted by molar-refractivity contribution is 5.74. The summed E-state index contributed by atoms with van der Waals surface area (Å²) in [5.74, 6) is -0.221. The Bertz CT molecular complexity index is 571. The van der Waals surface area contributed by atoms with E-state index in [1.807, 2.05) is 12.1 Å². The molecule has 0 unspecified atom stereocenters. The van der Waals surface area contributed by atoms with Gasteiger partial charge in [-0.3, -0.25) is 0 Å². The van der Waals surface area contributed by atoms with E-state index in [9.17, 15) is 9.18 Å². The summed E-state index contributed by atoms with van der Waals surface area (Å²) in [7, 11) is 0. The van der Waals surface area contributed by atoms with Crippen LogP contribution in [0.15, 0.2) is 24.3 Å². The van der Waals surface area contributed by atoms with Crippen molar-refractivity contribution in [2.75, 3.05) is 6.54 Å². The van der Waals surface area contributed by atoms with Gasteiger partial charge in [-0.1, -0.05) is 12.1 Å². The first kappa shape index (κ1) is 14.0. The molecule has 0 aromatic heterocycles. The van der Waals surface area contributed by atoms with Crippen molar-refractivity contribution in [3.05, 3.63) is 35.6 Å². The topological polar surface area (TPSA) is 50.4 Å². The summed E-state index contributed by atoms with van der Waals surface area (Å²) in [4.78, 5) is 12.1. The molecule has 4 nitrogen and oxygen atoms in total. The predicted octanol–water partition coefficient (Wildman–Crippen LogP) is 2.48. The number of hydrogen-bond donors (Lipinski definition) is 2. The molecule has 2 bridgehead atoms. The molecule has 1 saturated carbocycles. The maximum absolute atomic E-state index is 13.0. The highest BCUT2D eigenvalue weighted by atomic mass is 19.1. The van der Waals surface area contributed by atoms with Gasteiger partial charge in [-0.25, -0.2) is 9.18 Å². The quantitative estimate of drug-likeness (QED) is 0.898. The smallest absolute Gasteiger partial charge is 0.315 e. The molecule has 5 heteroatoms. The van der Waals surface area contributed by atoms with Crippen LogP contribution in [0, 0.1) is 5.82 Å². The zero-order valence-corrected chi connectivity index (χ0v) is 12.5. The van der Waals surface area contributed by atoms with Gasteiger partial charge < -0.3 is 15.4 Å². The van der Waals surface area contributed by atoms with Crippen LogP contribution in [0.1, 0.15) is 37.7 Å². The number of hydrogen-bond acceptors (Lipinski definition) is 2. The lowest BCUT2D eigenvalue weighted by molar-refractivity contribution is 0.0981. The minimum atomic E-state index is -0.221. The summed E-state index contributed by atoms with van der Waals surface area (Å²) in [6.45, 7) is 0.603. The van der Waals surface area contributed by atoms with E-state index in [1.54, 1.807) is 0 Å². The molecule has 1 aromatic rings. The van der Waals surface area contributed by atoms with Crippen molar-refractivity contribution in [1.29, 1.82) is 0 Å². The average Bonchev–Trinajstić information content (AvgIpc) is 3.02. The summed E-state index contributed by atoms with van der Waals surface area (Å²) in [5.41, 5.74) is 1.11. The van der Waals surface area contributed by atoms with Crippen molar-refractivity contribution in [2.45, 2.75) is 55.8 Å². The standard InChI is InChI=1S/C17H21FN2O2/c18-12-3-1-11(2-4-12)17(7-8-17)10-19-16(21)20-14-9-13-5-6-15(14)22-13/h1-4,13-15H,5-10H2,(H2,19,20,21)/t13-,14+,15-/m1/s1. The fourth-order valence-electron chi connectivity index (χ4n) is 3.78. The number of urea groups is 1. The van der Waals surface area contributed by atoms with E-state index >= 15 is 0 Å². The number of carbonyl (C=O) groups excluding carboxylic acids is 1. The number of benzene rings is 1. The highest BCUT2D eigenvalue weighted by Gasteiger charge is 2.45. The highest BCUT2D eigenvalue weighted by Crippen LogP contribution is 2.47. The van der Waals surface area contributed by atoms with Crippen LogP contribution in [0.25, 0.3) is 0 Å². The number of carbonyl (C=O) groups is 1. The normalized spacial score (nSPS) is 31.0. The lowest BCUT2D eigenvalue weighted by Crippen LogP contribution is -2.48. The minimum absolute atomic E-state index is 0.00375. The van der Waals surface area contributed by atoms with Crippen molar-refractivity contribution >= 4 is 6.03 Å². The molecule has 2 heterocycles. The molecule has 3 fully saturated rings. The van der Waals surface area contributed by atoms with Gasteiger partial charge >= 0.3 is 6.03 Å². The molecule has 3 atom stereocenters. The number of rotatable bonds is 4. The fraction of sp³-hybridized carbons (Fsp3) is 0.588. The van der Waals surface area contributed by atoms with Gasteiger partial charge in [0.2, 0.25) is 0 Å². The zero-order chi connectivity index (χ0) is 15.2. The Hall–Kier alpha value is -1.62. The van der Waals surface area contributed by atoms with Crippen molar-refractivity contribution < 1.29 is 13.9 Å². The van der Waals surface area contributed by atoms with Crippen LogP contribution in [0.2, 0.25) is 0 Å². The molecule has 2 aliphatic heterocycles. The third-order valence-electron chi connectivity index (χ3n) is 5.32. The summed E-state index contributed by atoms with van der Waals surface area (Å²) in [5, 5.41) is 6.02. The summed E-state index contributed by atoms with van der Waals surface area (Å²) in [6.07, 6.45) is 5.72. The van der Waals surface area contributed by atoms with Crippen molar-refractivity contribution in [2.24, 2.45) is 0 Å². The first-order valence-corrected chi connectivity index (χ1v) is 8.11. The average molecular weight is 304 g/mol. The van der Waals surface area contributed by atoms with Gasteiger partial charge in [-0.15, -0.1) is 0 Å². The van der Waals surface area contributed by atoms with E-state index in [4.69, 9.17) is 4.74 Å². The minimum Gasteiger partial charge on any atom is -0.373 e.